The molecule has 2 aliphatic heterocycles. The topological polar surface area (TPSA) is 98.8 Å². The molecule has 1 spiro atoms. The Bertz CT molecular complexity index is 916. The molecule has 1 aromatic rings. The zero-order valence-electron chi connectivity index (χ0n) is 14.0. The average Bonchev–Trinajstić information content (AvgIpc) is 2.80. The SMILES string of the molecule is O=S1(=O)CCC2(CC(NS(=O)(=O)c3cccc(OC(F)(F)F)c3)CCO2)C1. The number of hydrogen-bond donors (Lipinski definition) is 1. The van der Waals surface area contributed by atoms with Crippen molar-refractivity contribution in [1.29, 1.82) is 0 Å². The maximum Gasteiger partial charge on any atom is 0.573 e. The van der Waals surface area contributed by atoms with Gasteiger partial charge in [0.1, 0.15) is 5.75 Å². The molecule has 0 bridgehead atoms. The van der Waals surface area contributed by atoms with Gasteiger partial charge in [0.25, 0.3) is 0 Å². The second kappa shape index (κ2) is 6.90. The monoisotopic (exact) mass is 429 g/mol. The minimum absolute atomic E-state index is 0.0106. The summed E-state index contributed by atoms with van der Waals surface area (Å²) in [6, 6.07) is 3.50. The molecule has 1 aromatic carbocycles. The van der Waals surface area contributed by atoms with Crippen molar-refractivity contribution in [2.75, 3.05) is 18.1 Å². The van der Waals surface area contributed by atoms with E-state index in [1.54, 1.807) is 0 Å². The summed E-state index contributed by atoms with van der Waals surface area (Å²) in [6.45, 7) is 0.194. The van der Waals surface area contributed by atoms with Gasteiger partial charge < -0.3 is 9.47 Å². The quantitative estimate of drug-likeness (QED) is 0.781. The molecular weight excluding hydrogens is 411 g/mol. The summed E-state index contributed by atoms with van der Waals surface area (Å²) >= 11 is 0. The van der Waals surface area contributed by atoms with Gasteiger partial charge in [-0.2, -0.15) is 0 Å². The number of sulfonamides is 1. The molecule has 2 aliphatic rings. The van der Waals surface area contributed by atoms with Crippen molar-refractivity contribution in [3.05, 3.63) is 24.3 Å². The first-order valence-electron chi connectivity index (χ1n) is 8.11. The number of alkyl halides is 3. The highest BCUT2D eigenvalue weighted by molar-refractivity contribution is 7.91. The van der Waals surface area contributed by atoms with Crippen molar-refractivity contribution in [2.24, 2.45) is 0 Å². The van der Waals surface area contributed by atoms with Crippen LogP contribution in [-0.4, -0.2) is 53.0 Å². The Morgan fingerprint density at radius 1 is 1.30 bits per heavy atom. The summed E-state index contributed by atoms with van der Waals surface area (Å²) in [5.74, 6) is -0.813. The lowest BCUT2D eigenvalue weighted by Gasteiger charge is -2.37. The highest BCUT2D eigenvalue weighted by Gasteiger charge is 2.47. The Kier molecular flexibility index (Phi) is 5.21. The molecule has 2 fully saturated rings. The van der Waals surface area contributed by atoms with Crippen LogP contribution in [0.3, 0.4) is 0 Å². The van der Waals surface area contributed by atoms with Crippen molar-refractivity contribution in [3.63, 3.8) is 0 Å². The molecule has 2 atom stereocenters. The minimum Gasteiger partial charge on any atom is -0.406 e. The lowest BCUT2D eigenvalue weighted by atomic mass is 9.90. The maximum atomic E-state index is 12.5. The first-order valence-corrected chi connectivity index (χ1v) is 11.4. The van der Waals surface area contributed by atoms with E-state index >= 15 is 0 Å². The molecule has 12 heteroatoms. The predicted octanol–water partition coefficient (Wildman–Crippen LogP) is 1.60. The van der Waals surface area contributed by atoms with Gasteiger partial charge in [0.2, 0.25) is 10.0 Å². The number of halogens is 3. The second-order valence-corrected chi connectivity index (χ2v) is 10.6. The van der Waals surface area contributed by atoms with Crippen molar-refractivity contribution in [1.82, 2.24) is 4.72 Å². The van der Waals surface area contributed by atoms with Gasteiger partial charge in [-0.1, -0.05) is 6.07 Å². The molecule has 0 saturated carbocycles. The number of rotatable bonds is 4. The lowest BCUT2D eigenvalue weighted by Crippen LogP contribution is -2.49. The van der Waals surface area contributed by atoms with E-state index in [2.05, 4.69) is 9.46 Å². The molecule has 0 amide bonds. The molecule has 27 heavy (non-hydrogen) atoms. The Labute approximate surface area is 154 Å². The Hall–Kier alpha value is -1.37. The normalized spacial score (nSPS) is 28.3. The fourth-order valence-electron chi connectivity index (χ4n) is 3.42. The number of ether oxygens (including phenoxy) is 2. The van der Waals surface area contributed by atoms with E-state index in [0.717, 1.165) is 24.3 Å². The zero-order valence-corrected chi connectivity index (χ0v) is 15.7. The number of nitrogens with one attached hydrogen (secondary N) is 1. The van der Waals surface area contributed by atoms with E-state index in [1.807, 2.05) is 0 Å². The highest BCUT2D eigenvalue weighted by atomic mass is 32.2. The van der Waals surface area contributed by atoms with Crippen molar-refractivity contribution in [3.8, 4) is 5.75 Å². The fourth-order valence-corrected chi connectivity index (χ4v) is 6.70. The Morgan fingerprint density at radius 2 is 2.04 bits per heavy atom. The summed E-state index contributed by atoms with van der Waals surface area (Å²) in [5, 5.41) is 0. The molecule has 2 heterocycles. The van der Waals surface area contributed by atoms with Crippen LogP contribution in [0.25, 0.3) is 0 Å². The Morgan fingerprint density at radius 3 is 2.67 bits per heavy atom. The van der Waals surface area contributed by atoms with Crippen LogP contribution in [-0.2, 0) is 24.6 Å². The standard InChI is InChI=1S/C15H18F3NO6S2/c16-15(17,18)25-12-2-1-3-13(8-12)27(22,23)19-11-4-6-24-14(9-11)5-7-26(20,21)10-14/h1-3,8,11,19H,4-7,9-10H2. The summed E-state index contributed by atoms with van der Waals surface area (Å²) in [6.07, 6.45) is -4.12. The third-order valence-electron chi connectivity index (χ3n) is 4.52. The van der Waals surface area contributed by atoms with Crippen LogP contribution in [0.5, 0.6) is 5.75 Å². The molecule has 1 N–H and O–H groups in total. The van der Waals surface area contributed by atoms with E-state index in [1.165, 1.54) is 0 Å². The highest BCUT2D eigenvalue weighted by Crippen LogP contribution is 2.36. The van der Waals surface area contributed by atoms with E-state index in [-0.39, 0.29) is 29.4 Å². The van der Waals surface area contributed by atoms with Crippen molar-refractivity contribution in [2.45, 2.75) is 42.2 Å². The summed E-state index contributed by atoms with van der Waals surface area (Å²) in [4.78, 5) is -0.371. The van der Waals surface area contributed by atoms with Crippen molar-refractivity contribution >= 4 is 19.9 Å². The number of sulfone groups is 1. The summed E-state index contributed by atoms with van der Waals surface area (Å²) in [5.41, 5.74) is -0.911. The van der Waals surface area contributed by atoms with Crippen LogP contribution in [0.2, 0.25) is 0 Å². The summed E-state index contributed by atoms with van der Waals surface area (Å²) in [7, 11) is -7.34. The van der Waals surface area contributed by atoms with Gasteiger partial charge in [-0.3, -0.25) is 0 Å². The molecule has 7 nitrogen and oxygen atoms in total. The Balaban J connectivity index is 1.74. The smallest absolute Gasteiger partial charge is 0.406 e. The summed E-state index contributed by atoms with van der Waals surface area (Å²) < 4.78 is 97.4. The molecule has 3 rings (SSSR count). The largest absolute Gasteiger partial charge is 0.573 e. The molecule has 0 aromatic heterocycles. The zero-order chi connectivity index (χ0) is 19.9. The molecule has 152 valence electrons. The molecule has 0 aliphatic carbocycles. The van der Waals surface area contributed by atoms with Gasteiger partial charge in [-0.15, -0.1) is 13.2 Å². The van der Waals surface area contributed by atoms with Gasteiger partial charge in [-0.05, 0) is 31.4 Å². The van der Waals surface area contributed by atoms with Gasteiger partial charge in [0, 0.05) is 18.7 Å². The van der Waals surface area contributed by atoms with Gasteiger partial charge >= 0.3 is 6.36 Å². The van der Waals surface area contributed by atoms with Crippen LogP contribution in [0, 0.1) is 0 Å². The van der Waals surface area contributed by atoms with Gasteiger partial charge in [-0.25, -0.2) is 21.6 Å². The van der Waals surface area contributed by atoms with Gasteiger partial charge in [0.05, 0.1) is 22.0 Å². The van der Waals surface area contributed by atoms with Crippen LogP contribution in [0.1, 0.15) is 19.3 Å². The molecular formula is C15H18F3NO6S2. The van der Waals surface area contributed by atoms with Crippen LogP contribution < -0.4 is 9.46 Å². The fraction of sp³-hybridized carbons (Fsp3) is 0.600. The van der Waals surface area contributed by atoms with Crippen LogP contribution in [0.15, 0.2) is 29.2 Å². The third kappa shape index (κ3) is 5.12. The van der Waals surface area contributed by atoms with Crippen molar-refractivity contribution < 1.29 is 39.5 Å². The maximum absolute atomic E-state index is 12.5. The van der Waals surface area contributed by atoms with E-state index in [9.17, 15) is 30.0 Å². The minimum atomic E-state index is -4.93. The van der Waals surface area contributed by atoms with E-state index < -0.39 is 43.6 Å². The number of benzene rings is 1. The first-order chi connectivity index (χ1) is 12.4. The lowest BCUT2D eigenvalue weighted by molar-refractivity contribution is -0.274. The predicted molar refractivity (Wildman–Crippen MR) is 88.4 cm³/mol. The molecule has 2 unspecified atom stereocenters. The average molecular weight is 429 g/mol. The van der Waals surface area contributed by atoms with Gasteiger partial charge in [0.15, 0.2) is 9.84 Å². The van der Waals surface area contributed by atoms with Crippen LogP contribution in [0.4, 0.5) is 13.2 Å². The van der Waals surface area contributed by atoms with E-state index in [4.69, 9.17) is 4.74 Å². The first kappa shape index (κ1) is 20.4. The molecule has 2 saturated heterocycles. The van der Waals surface area contributed by atoms with E-state index in [0.29, 0.717) is 12.8 Å². The van der Waals surface area contributed by atoms with Crippen LogP contribution >= 0.6 is 0 Å². The molecule has 0 radical (unpaired) electrons. The second-order valence-electron chi connectivity index (χ2n) is 6.71. The third-order valence-corrected chi connectivity index (χ3v) is 7.83. The number of hydrogen-bond acceptors (Lipinski definition) is 6.